The molecule has 1 saturated carbocycles. The summed E-state index contributed by atoms with van der Waals surface area (Å²) in [5.74, 6) is 0. The first-order valence-electron chi connectivity index (χ1n) is 4.97. The van der Waals surface area contributed by atoms with Crippen molar-refractivity contribution in [1.29, 1.82) is 0 Å². The van der Waals surface area contributed by atoms with E-state index in [1.54, 1.807) is 12.5 Å². The average molecular weight is 166 g/mol. The Labute approximate surface area is 74.8 Å². The van der Waals surface area contributed by atoms with Crippen LogP contribution < -0.4 is 0 Å². The average Bonchev–Trinajstić information content (AvgIpc) is 2.54. The summed E-state index contributed by atoms with van der Waals surface area (Å²) in [5.41, 5.74) is 0. The molecule has 1 aliphatic rings. The molecule has 1 aliphatic carbocycles. The van der Waals surface area contributed by atoms with Crippen molar-refractivity contribution in [1.82, 2.24) is 0 Å². The molecule has 1 aromatic rings. The monoisotopic (exact) mass is 166 g/mol. The zero-order valence-electron chi connectivity index (χ0n) is 7.67. The molecular weight excluding hydrogens is 148 g/mol. The Kier molecular flexibility index (Phi) is 5.43. The van der Waals surface area contributed by atoms with Crippen LogP contribution in [0.5, 0.6) is 0 Å². The van der Waals surface area contributed by atoms with Crippen molar-refractivity contribution < 1.29 is 4.42 Å². The zero-order chi connectivity index (χ0) is 8.49. The van der Waals surface area contributed by atoms with Gasteiger partial charge in [0.05, 0.1) is 12.5 Å². The van der Waals surface area contributed by atoms with Gasteiger partial charge >= 0.3 is 0 Å². The standard InChI is InChI=1S/C7H14.C4H4O/c1-2-4-6-7-5-3-1;1-2-4-5-3-1/h1-7H2;1-4H. The summed E-state index contributed by atoms with van der Waals surface area (Å²) in [6.07, 6.45) is 13.8. The lowest BCUT2D eigenvalue weighted by Gasteiger charge is -1.85. The minimum Gasteiger partial charge on any atom is -0.473 e. The van der Waals surface area contributed by atoms with Crippen LogP contribution in [0.4, 0.5) is 0 Å². The van der Waals surface area contributed by atoms with Crippen molar-refractivity contribution in [3.63, 3.8) is 0 Å². The van der Waals surface area contributed by atoms with E-state index in [0.29, 0.717) is 0 Å². The summed E-state index contributed by atoms with van der Waals surface area (Å²) in [5, 5.41) is 0. The molecule has 68 valence electrons. The van der Waals surface area contributed by atoms with Crippen LogP contribution in [0.25, 0.3) is 0 Å². The molecule has 1 aromatic heterocycles. The van der Waals surface area contributed by atoms with Crippen molar-refractivity contribution in [2.45, 2.75) is 44.9 Å². The van der Waals surface area contributed by atoms with E-state index in [1.165, 1.54) is 44.9 Å². The van der Waals surface area contributed by atoms with Gasteiger partial charge < -0.3 is 4.42 Å². The highest BCUT2D eigenvalue weighted by atomic mass is 16.3. The molecule has 12 heavy (non-hydrogen) atoms. The molecular formula is C11H18O. The van der Waals surface area contributed by atoms with E-state index in [2.05, 4.69) is 4.42 Å². The fraction of sp³-hybridized carbons (Fsp3) is 0.636. The lowest BCUT2D eigenvalue weighted by molar-refractivity contribution is 0.567. The van der Waals surface area contributed by atoms with Crippen molar-refractivity contribution in [3.8, 4) is 0 Å². The van der Waals surface area contributed by atoms with Gasteiger partial charge in [0, 0.05) is 0 Å². The maximum atomic E-state index is 4.58. The van der Waals surface area contributed by atoms with E-state index in [9.17, 15) is 0 Å². The van der Waals surface area contributed by atoms with Crippen LogP contribution in [0, 0.1) is 0 Å². The van der Waals surface area contributed by atoms with Gasteiger partial charge in [-0.05, 0) is 12.1 Å². The Balaban J connectivity index is 0.000000127. The molecule has 1 nitrogen and oxygen atoms in total. The minimum absolute atomic E-state index is 1.50. The molecule has 1 fully saturated rings. The molecule has 0 N–H and O–H groups in total. The van der Waals surface area contributed by atoms with Gasteiger partial charge in [0.15, 0.2) is 0 Å². The third-order valence-electron chi connectivity index (χ3n) is 2.18. The summed E-state index contributed by atoms with van der Waals surface area (Å²) in [6, 6.07) is 3.67. The molecule has 0 bridgehead atoms. The molecule has 0 atom stereocenters. The van der Waals surface area contributed by atoms with Gasteiger partial charge in [0.1, 0.15) is 0 Å². The summed E-state index contributed by atoms with van der Waals surface area (Å²) in [7, 11) is 0. The largest absolute Gasteiger partial charge is 0.473 e. The Morgan fingerprint density at radius 1 is 0.583 bits per heavy atom. The number of rotatable bonds is 0. The number of hydrogen-bond acceptors (Lipinski definition) is 1. The third kappa shape index (κ3) is 5.00. The van der Waals surface area contributed by atoms with Crippen molar-refractivity contribution >= 4 is 0 Å². The smallest absolute Gasteiger partial charge is 0.0902 e. The lowest BCUT2D eigenvalue weighted by Crippen LogP contribution is -1.66. The molecule has 1 heterocycles. The first-order chi connectivity index (χ1) is 6.00. The molecule has 0 aliphatic heterocycles. The molecule has 0 amide bonds. The van der Waals surface area contributed by atoms with Crippen LogP contribution in [0.2, 0.25) is 0 Å². The highest BCUT2D eigenvalue weighted by Gasteiger charge is 1.95. The van der Waals surface area contributed by atoms with E-state index in [4.69, 9.17) is 0 Å². The van der Waals surface area contributed by atoms with E-state index < -0.39 is 0 Å². The Bertz CT molecular complexity index is 119. The number of furan rings is 1. The van der Waals surface area contributed by atoms with Crippen LogP contribution >= 0.6 is 0 Å². The van der Waals surface area contributed by atoms with Gasteiger partial charge in [-0.1, -0.05) is 44.9 Å². The molecule has 0 aromatic carbocycles. The van der Waals surface area contributed by atoms with Crippen LogP contribution in [0.3, 0.4) is 0 Å². The molecule has 0 saturated heterocycles. The van der Waals surface area contributed by atoms with Gasteiger partial charge in [-0.25, -0.2) is 0 Å². The topological polar surface area (TPSA) is 13.1 Å². The summed E-state index contributed by atoms with van der Waals surface area (Å²) in [6.45, 7) is 0. The zero-order valence-corrected chi connectivity index (χ0v) is 7.67. The second kappa shape index (κ2) is 6.96. The lowest BCUT2D eigenvalue weighted by atomic mass is 10.2. The molecule has 0 spiro atoms. The van der Waals surface area contributed by atoms with Gasteiger partial charge in [0.2, 0.25) is 0 Å². The summed E-state index contributed by atoms with van der Waals surface area (Å²) < 4.78 is 4.58. The van der Waals surface area contributed by atoms with E-state index in [-0.39, 0.29) is 0 Å². The maximum absolute atomic E-state index is 4.58. The van der Waals surface area contributed by atoms with Gasteiger partial charge in [-0.2, -0.15) is 0 Å². The molecule has 0 radical (unpaired) electrons. The van der Waals surface area contributed by atoms with Crippen molar-refractivity contribution in [2.24, 2.45) is 0 Å². The van der Waals surface area contributed by atoms with Gasteiger partial charge in [-0.15, -0.1) is 0 Å². The summed E-state index contributed by atoms with van der Waals surface area (Å²) in [4.78, 5) is 0. The second-order valence-electron chi connectivity index (χ2n) is 3.27. The minimum atomic E-state index is 1.50. The van der Waals surface area contributed by atoms with Crippen LogP contribution in [-0.2, 0) is 0 Å². The predicted molar refractivity (Wildman–Crippen MR) is 51.0 cm³/mol. The summed E-state index contributed by atoms with van der Waals surface area (Å²) >= 11 is 0. The third-order valence-corrected chi connectivity index (χ3v) is 2.18. The van der Waals surface area contributed by atoms with E-state index in [1.807, 2.05) is 12.1 Å². The van der Waals surface area contributed by atoms with Gasteiger partial charge in [-0.3, -0.25) is 0 Å². The predicted octanol–water partition coefficient (Wildman–Crippen LogP) is 4.01. The highest BCUT2D eigenvalue weighted by Crippen LogP contribution is 2.15. The Hall–Kier alpha value is -0.720. The van der Waals surface area contributed by atoms with E-state index in [0.717, 1.165) is 0 Å². The first-order valence-corrected chi connectivity index (χ1v) is 4.97. The van der Waals surface area contributed by atoms with Gasteiger partial charge in [0.25, 0.3) is 0 Å². The fourth-order valence-corrected chi connectivity index (χ4v) is 1.46. The number of hydrogen-bond donors (Lipinski definition) is 0. The quantitative estimate of drug-likeness (QED) is 0.531. The normalized spacial score (nSPS) is 17.3. The fourth-order valence-electron chi connectivity index (χ4n) is 1.46. The maximum Gasteiger partial charge on any atom is 0.0902 e. The molecule has 0 unspecified atom stereocenters. The van der Waals surface area contributed by atoms with Crippen molar-refractivity contribution in [2.75, 3.05) is 0 Å². The van der Waals surface area contributed by atoms with Crippen molar-refractivity contribution in [3.05, 3.63) is 24.7 Å². The van der Waals surface area contributed by atoms with E-state index >= 15 is 0 Å². The Morgan fingerprint density at radius 2 is 0.917 bits per heavy atom. The SMILES string of the molecule is C1CCCCCC1.c1ccoc1. The molecule has 2 rings (SSSR count). The first kappa shape index (κ1) is 9.37. The second-order valence-corrected chi connectivity index (χ2v) is 3.27. The highest BCUT2D eigenvalue weighted by molar-refractivity contribution is 4.79. The Morgan fingerprint density at radius 3 is 1.08 bits per heavy atom. The van der Waals surface area contributed by atoms with Crippen LogP contribution in [-0.4, -0.2) is 0 Å². The molecule has 1 heteroatoms. The van der Waals surface area contributed by atoms with Crippen LogP contribution in [0.15, 0.2) is 29.1 Å². The van der Waals surface area contributed by atoms with Crippen LogP contribution in [0.1, 0.15) is 44.9 Å².